The van der Waals surface area contributed by atoms with E-state index in [0.717, 1.165) is 15.4 Å². The van der Waals surface area contributed by atoms with E-state index in [2.05, 4.69) is 21.2 Å². The molecule has 0 radical (unpaired) electrons. The minimum absolute atomic E-state index is 0.0240. The van der Waals surface area contributed by atoms with Crippen LogP contribution in [0.4, 0.5) is 9.18 Å². The van der Waals surface area contributed by atoms with Gasteiger partial charge in [-0.1, -0.05) is 51.8 Å². The molecule has 1 heterocycles. The SMILES string of the molecule is C[C@@]1(c2ccccc2Br)NC(=O)N(Cc2ccc(F)cc2Cl)C1=O. The zero-order valence-corrected chi connectivity index (χ0v) is 15.0. The minimum Gasteiger partial charge on any atom is -0.319 e. The molecule has 0 aliphatic carbocycles. The molecule has 2 aromatic carbocycles. The third-order valence-electron chi connectivity index (χ3n) is 4.03. The molecule has 0 unspecified atom stereocenters. The molecular weight excluding hydrogens is 399 g/mol. The van der Waals surface area contributed by atoms with Gasteiger partial charge >= 0.3 is 6.03 Å². The van der Waals surface area contributed by atoms with Crippen molar-refractivity contribution in [3.8, 4) is 0 Å². The fourth-order valence-electron chi connectivity index (χ4n) is 2.71. The molecule has 4 nitrogen and oxygen atoms in total. The molecule has 1 aliphatic rings. The Morgan fingerprint density at radius 2 is 1.96 bits per heavy atom. The third kappa shape index (κ3) is 2.80. The van der Waals surface area contributed by atoms with Crippen molar-refractivity contribution < 1.29 is 14.0 Å². The molecule has 0 bridgehead atoms. The van der Waals surface area contributed by atoms with Gasteiger partial charge in [0.15, 0.2) is 0 Å². The van der Waals surface area contributed by atoms with Gasteiger partial charge in [-0.2, -0.15) is 0 Å². The van der Waals surface area contributed by atoms with Crippen molar-refractivity contribution in [2.75, 3.05) is 0 Å². The van der Waals surface area contributed by atoms with Gasteiger partial charge in [-0.3, -0.25) is 9.69 Å². The highest BCUT2D eigenvalue weighted by atomic mass is 79.9. The van der Waals surface area contributed by atoms with Crippen molar-refractivity contribution in [2.45, 2.75) is 19.0 Å². The van der Waals surface area contributed by atoms with Gasteiger partial charge in [-0.05, 0) is 30.7 Å². The van der Waals surface area contributed by atoms with E-state index in [1.54, 1.807) is 25.1 Å². The maximum atomic E-state index is 13.2. The quantitative estimate of drug-likeness (QED) is 0.769. The van der Waals surface area contributed by atoms with Crippen molar-refractivity contribution in [1.82, 2.24) is 10.2 Å². The molecule has 1 atom stereocenters. The molecule has 2 aromatic rings. The lowest BCUT2D eigenvalue weighted by Gasteiger charge is -2.23. The Morgan fingerprint density at radius 1 is 1.25 bits per heavy atom. The van der Waals surface area contributed by atoms with Gasteiger partial charge in [0.2, 0.25) is 0 Å². The molecule has 1 aliphatic heterocycles. The van der Waals surface area contributed by atoms with Gasteiger partial charge in [-0.25, -0.2) is 9.18 Å². The molecule has 24 heavy (non-hydrogen) atoms. The Balaban J connectivity index is 1.93. The summed E-state index contributed by atoms with van der Waals surface area (Å²) < 4.78 is 13.9. The van der Waals surface area contributed by atoms with Crippen molar-refractivity contribution in [3.63, 3.8) is 0 Å². The van der Waals surface area contributed by atoms with E-state index >= 15 is 0 Å². The first-order valence-corrected chi connectivity index (χ1v) is 8.33. The standard InChI is InChI=1S/C17H13BrClFN2O2/c1-17(12-4-2-3-5-13(12)18)15(23)22(16(24)21-17)9-10-6-7-11(20)8-14(10)19/h2-8H,9H2,1H3,(H,21,24)/t17-/m0/s1. The number of hydrogen-bond donors (Lipinski definition) is 1. The van der Waals surface area contributed by atoms with Gasteiger partial charge in [-0.15, -0.1) is 0 Å². The van der Waals surface area contributed by atoms with E-state index in [1.165, 1.54) is 12.1 Å². The fraction of sp³-hybridized carbons (Fsp3) is 0.176. The van der Waals surface area contributed by atoms with E-state index in [1.807, 2.05) is 6.07 Å². The number of nitrogens with zero attached hydrogens (tertiary/aromatic N) is 1. The fourth-order valence-corrected chi connectivity index (χ4v) is 3.62. The van der Waals surface area contributed by atoms with E-state index in [-0.39, 0.29) is 17.5 Å². The van der Waals surface area contributed by atoms with Crippen LogP contribution in [0.3, 0.4) is 0 Å². The largest absolute Gasteiger partial charge is 0.325 e. The Bertz CT molecular complexity index is 845. The zero-order valence-electron chi connectivity index (χ0n) is 12.6. The number of urea groups is 1. The predicted octanol–water partition coefficient (Wildman–Crippen LogP) is 4.21. The molecule has 0 saturated carbocycles. The van der Waals surface area contributed by atoms with Gasteiger partial charge in [0.1, 0.15) is 11.4 Å². The van der Waals surface area contributed by atoms with Gasteiger partial charge in [0, 0.05) is 15.1 Å². The molecule has 0 aromatic heterocycles. The summed E-state index contributed by atoms with van der Waals surface area (Å²) >= 11 is 9.41. The molecule has 1 N–H and O–H groups in total. The van der Waals surface area contributed by atoms with Gasteiger partial charge < -0.3 is 5.32 Å². The van der Waals surface area contributed by atoms with Gasteiger partial charge in [0.05, 0.1) is 6.54 Å². The first-order valence-electron chi connectivity index (χ1n) is 7.16. The molecule has 3 amide bonds. The zero-order chi connectivity index (χ0) is 17.5. The van der Waals surface area contributed by atoms with Crippen molar-refractivity contribution in [1.29, 1.82) is 0 Å². The van der Waals surface area contributed by atoms with Crippen LogP contribution in [0.5, 0.6) is 0 Å². The van der Waals surface area contributed by atoms with Crippen LogP contribution in [0.25, 0.3) is 0 Å². The second-order valence-corrected chi connectivity index (χ2v) is 6.92. The number of carbonyl (C=O) groups excluding carboxylic acids is 2. The number of hydrogen-bond acceptors (Lipinski definition) is 2. The molecular formula is C17H13BrClFN2O2. The van der Waals surface area contributed by atoms with Crippen molar-refractivity contribution in [2.24, 2.45) is 0 Å². The molecule has 3 rings (SSSR count). The van der Waals surface area contributed by atoms with Crippen LogP contribution in [-0.2, 0) is 16.9 Å². The Kier molecular flexibility index (Phi) is 4.36. The summed E-state index contributed by atoms with van der Waals surface area (Å²) in [5.41, 5.74) is -0.0158. The van der Waals surface area contributed by atoms with Crippen LogP contribution in [0.15, 0.2) is 46.9 Å². The normalized spacial score (nSPS) is 20.4. The van der Waals surface area contributed by atoms with Crippen LogP contribution in [0.2, 0.25) is 5.02 Å². The van der Waals surface area contributed by atoms with Crippen molar-refractivity contribution >= 4 is 39.5 Å². The van der Waals surface area contributed by atoms with Gasteiger partial charge in [0.25, 0.3) is 5.91 Å². The lowest BCUT2D eigenvalue weighted by molar-refractivity contribution is -0.131. The first kappa shape index (κ1) is 16.9. The number of rotatable bonds is 3. The average molecular weight is 412 g/mol. The lowest BCUT2D eigenvalue weighted by Crippen LogP contribution is -2.41. The summed E-state index contributed by atoms with van der Waals surface area (Å²) in [5.74, 6) is -0.862. The topological polar surface area (TPSA) is 49.4 Å². The Hall–Kier alpha value is -1.92. The molecule has 124 valence electrons. The van der Waals surface area contributed by atoms with E-state index in [0.29, 0.717) is 11.1 Å². The number of halogens is 3. The summed E-state index contributed by atoms with van der Waals surface area (Å²) in [6.45, 7) is 1.63. The number of nitrogens with one attached hydrogen (secondary N) is 1. The summed E-state index contributed by atoms with van der Waals surface area (Å²) in [5, 5.41) is 2.90. The Morgan fingerprint density at radius 3 is 2.62 bits per heavy atom. The highest BCUT2D eigenvalue weighted by Gasteiger charge is 2.49. The first-order chi connectivity index (χ1) is 11.3. The molecule has 1 saturated heterocycles. The number of amides is 3. The van der Waals surface area contributed by atoms with Crippen LogP contribution in [0, 0.1) is 5.82 Å². The van der Waals surface area contributed by atoms with E-state index in [4.69, 9.17) is 11.6 Å². The highest BCUT2D eigenvalue weighted by Crippen LogP contribution is 2.34. The van der Waals surface area contributed by atoms with Crippen LogP contribution < -0.4 is 5.32 Å². The lowest BCUT2D eigenvalue weighted by atomic mass is 9.92. The summed E-state index contributed by atoms with van der Waals surface area (Å²) in [6.07, 6.45) is 0. The second-order valence-electron chi connectivity index (χ2n) is 5.66. The van der Waals surface area contributed by atoms with Crippen LogP contribution >= 0.6 is 27.5 Å². The van der Waals surface area contributed by atoms with Crippen molar-refractivity contribution in [3.05, 3.63) is 68.9 Å². The smallest absolute Gasteiger partial charge is 0.319 e. The maximum absolute atomic E-state index is 13.2. The monoisotopic (exact) mass is 410 g/mol. The molecule has 7 heteroatoms. The predicted molar refractivity (Wildman–Crippen MR) is 92.0 cm³/mol. The number of imide groups is 1. The third-order valence-corrected chi connectivity index (χ3v) is 5.07. The van der Waals surface area contributed by atoms with Crippen LogP contribution in [0.1, 0.15) is 18.1 Å². The molecule has 0 spiro atoms. The number of benzene rings is 2. The Labute approximate surface area is 151 Å². The van der Waals surface area contributed by atoms with E-state index in [9.17, 15) is 14.0 Å². The highest BCUT2D eigenvalue weighted by molar-refractivity contribution is 9.10. The summed E-state index contributed by atoms with van der Waals surface area (Å²) in [6, 6.07) is 10.6. The maximum Gasteiger partial charge on any atom is 0.325 e. The van der Waals surface area contributed by atoms with Crippen LogP contribution in [-0.4, -0.2) is 16.8 Å². The average Bonchev–Trinajstić information content (AvgIpc) is 2.74. The number of carbonyl (C=O) groups is 2. The minimum atomic E-state index is -1.18. The summed E-state index contributed by atoms with van der Waals surface area (Å²) in [4.78, 5) is 26.3. The second kappa shape index (κ2) is 6.18. The molecule has 1 fully saturated rings. The van der Waals surface area contributed by atoms with E-state index < -0.39 is 17.4 Å². The summed E-state index contributed by atoms with van der Waals surface area (Å²) in [7, 11) is 0.